The van der Waals surface area contributed by atoms with Crippen molar-refractivity contribution in [3.05, 3.63) is 52.3 Å². The number of unbranched alkanes of at least 4 members (excludes halogenated alkanes) is 9. The second-order valence-electron chi connectivity index (χ2n) is 9.94. The minimum Gasteiger partial charge on any atom is -0.461 e. The number of hydrogen-bond donors (Lipinski definition) is 4. The maximum Gasteiger partial charge on any atom is 0.356 e. The third-order valence-corrected chi connectivity index (χ3v) is 6.83. The lowest BCUT2D eigenvalue weighted by Crippen LogP contribution is -2.36. The molecule has 12 heteroatoms. The van der Waals surface area contributed by atoms with Crippen molar-refractivity contribution < 1.29 is 34.4 Å². The van der Waals surface area contributed by atoms with Crippen molar-refractivity contribution in [3.8, 4) is 0 Å². The summed E-state index contributed by atoms with van der Waals surface area (Å²) in [5.41, 5.74) is -0.616. The monoisotopic (exact) mass is 560 g/mol. The van der Waals surface area contributed by atoms with E-state index in [0.717, 1.165) is 23.8 Å². The van der Waals surface area contributed by atoms with E-state index in [0.29, 0.717) is 6.61 Å². The summed E-state index contributed by atoms with van der Waals surface area (Å²) < 4.78 is 11.6. The number of carbonyl (C=O) groups excluding carboxylic acids is 2. The maximum atomic E-state index is 12.6. The molecule has 1 fully saturated rings. The van der Waals surface area contributed by atoms with Gasteiger partial charge in [0.15, 0.2) is 6.23 Å². The van der Waals surface area contributed by atoms with Gasteiger partial charge in [0.05, 0.1) is 18.8 Å². The summed E-state index contributed by atoms with van der Waals surface area (Å²) in [6.45, 7) is 2.00. The Morgan fingerprint density at radius 2 is 1.68 bits per heavy atom. The molecule has 1 amide bonds. The van der Waals surface area contributed by atoms with Gasteiger partial charge < -0.3 is 30.1 Å². The van der Waals surface area contributed by atoms with Gasteiger partial charge >= 0.3 is 11.7 Å². The van der Waals surface area contributed by atoms with Crippen molar-refractivity contribution in [3.63, 3.8) is 0 Å². The Morgan fingerprint density at radius 3 is 2.25 bits per heavy atom. The quantitative estimate of drug-likeness (QED) is 0.176. The van der Waals surface area contributed by atoms with E-state index in [1.165, 1.54) is 75.5 Å². The van der Waals surface area contributed by atoms with Crippen LogP contribution in [0.4, 0.5) is 5.82 Å². The summed E-state index contributed by atoms with van der Waals surface area (Å²) in [5, 5.41) is 31.7. The first-order valence-corrected chi connectivity index (χ1v) is 14.0. The summed E-state index contributed by atoms with van der Waals surface area (Å²) >= 11 is 0. The van der Waals surface area contributed by atoms with Gasteiger partial charge in [-0.3, -0.25) is 9.36 Å². The molecule has 2 aromatic heterocycles. The predicted octanol–water partition coefficient (Wildman–Crippen LogP) is 2.58. The number of ether oxygens (including phenoxy) is 2. The van der Waals surface area contributed by atoms with Crippen molar-refractivity contribution in [1.29, 1.82) is 0 Å². The molecule has 1 aliphatic heterocycles. The standard InChI is InChI=1S/C28H40N4O8/c1-2-3-4-5-6-7-8-9-10-11-16-39-27(37)20-13-12-19(17-29-20)25(36)30-22-14-15-32(28(38)31-22)26-24(35)23(34)21(18-33)40-26/h12-15,17,21,23-24,26,33-35H,2-11,16,18H2,1H3,(H,30,31,36,38)/t21-,23-,24+,26-/m1/s1. The second kappa shape index (κ2) is 16.2. The number of rotatable bonds is 16. The molecule has 2 aromatic rings. The van der Waals surface area contributed by atoms with Gasteiger partial charge in [0.2, 0.25) is 0 Å². The smallest absolute Gasteiger partial charge is 0.356 e. The van der Waals surface area contributed by atoms with Gasteiger partial charge in [0.1, 0.15) is 29.8 Å². The van der Waals surface area contributed by atoms with Crippen molar-refractivity contribution >= 4 is 17.7 Å². The molecule has 4 atom stereocenters. The van der Waals surface area contributed by atoms with E-state index in [4.69, 9.17) is 9.47 Å². The maximum absolute atomic E-state index is 12.6. The normalized spacial score (nSPS) is 20.4. The Balaban J connectivity index is 1.40. The first-order chi connectivity index (χ1) is 19.3. The molecule has 220 valence electrons. The Hall–Kier alpha value is -3.19. The lowest BCUT2D eigenvalue weighted by Gasteiger charge is -2.17. The Labute approximate surface area is 233 Å². The van der Waals surface area contributed by atoms with Gasteiger partial charge in [0.25, 0.3) is 5.91 Å². The highest BCUT2D eigenvalue weighted by Crippen LogP contribution is 2.28. The SMILES string of the molecule is CCCCCCCCCCCCOC(=O)c1ccc(C(=O)Nc2ccn([C@@H]3O[C@H](CO)[C@@H](O)[C@@H]3O)c(=O)n2)cn1. The van der Waals surface area contributed by atoms with Gasteiger partial charge in [-0.1, -0.05) is 64.7 Å². The number of nitrogens with zero attached hydrogens (tertiary/aromatic N) is 3. The van der Waals surface area contributed by atoms with Gasteiger partial charge in [-0.05, 0) is 24.6 Å². The first-order valence-electron chi connectivity index (χ1n) is 14.0. The second-order valence-corrected chi connectivity index (χ2v) is 9.94. The minimum atomic E-state index is -1.44. The van der Waals surface area contributed by atoms with Gasteiger partial charge in [-0.25, -0.2) is 14.6 Å². The summed E-state index contributed by atoms with van der Waals surface area (Å²) in [5.74, 6) is -1.22. The molecule has 3 heterocycles. The van der Waals surface area contributed by atoms with Crippen LogP contribution in [0.15, 0.2) is 35.4 Å². The van der Waals surface area contributed by atoms with Crippen molar-refractivity contribution in [2.45, 2.75) is 95.7 Å². The zero-order chi connectivity index (χ0) is 28.9. The average molecular weight is 561 g/mol. The molecule has 40 heavy (non-hydrogen) atoms. The number of anilines is 1. The van der Waals surface area contributed by atoms with E-state index in [1.54, 1.807) is 0 Å². The molecule has 0 spiro atoms. The fourth-order valence-corrected chi connectivity index (χ4v) is 4.45. The highest BCUT2D eigenvalue weighted by Gasteiger charge is 2.43. The summed E-state index contributed by atoms with van der Waals surface area (Å²) in [6, 6.07) is 4.13. The molecule has 0 aromatic carbocycles. The molecule has 1 aliphatic rings. The van der Waals surface area contributed by atoms with Gasteiger partial charge in [-0.2, -0.15) is 4.98 Å². The van der Waals surface area contributed by atoms with E-state index < -0.39 is 48.7 Å². The summed E-state index contributed by atoms with van der Waals surface area (Å²) in [4.78, 5) is 45.0. The number of nitrogens with one attached hydrogen (secondary N) is 1. The number of aliphatic hydroxyl groups is 3. The molecular weight excluding hydrogens is 520 g/mol. The van der Waals surface area contributed by atoms with Crippen LogP contribution >= 0.6 is 0 Å². The topological polar surface area (TPSA) is 173 Å². The third-order valence-electron chi connectivity index (χ3n) is 6.83. The number of esters is 1. The van der Waals surface area contributed by atoms with Crippen molar-refractivity contribution in [1.82, 2.24) is 14.5 Å². The van der Waals surface area contributed by atoms with Crippen LogP contribution in [0.2, 0.25) is 0 Å². The van der Waals surface area contributed by atoms with Crippen LogP contribution in [0.25, 0.3) is 0 Å². The lowest BCUT2D eigenvalue weighted by molar-refractivity contribution is -0.0549. The number of aromatic nitrogens is 3. The van der Waals surface area contributed by atoms with Gasteiger partial charge in [-0.15, -0.1) is 0 Å². The molecule has 4 N–H and O–H groups in total. The number of hydrogen-bond acceptors (Lipinski definition) is 10. The predicted molar refractivity (Wildman–Crippen MR) is 146 cm³/mol. The van der Waals surface area contributed by atoms with Crippen LogP contribution in [0.1, 0.15) is 98.2 Å². The molecule has 1 saturated heterocycles. The fraction of sp³-hybridized carbons (Fsp3) is 0.607. The molecule has 0 radical (unpaired) electrons. The van der Waals surface area contributed by atoms with Crippen LogP contribution in [-0.4, -0.2) is 73.3 Å². The van der Waals surface area contributed by atoms with E-state index in [2.05, 4.69) is 22.2 Å². The largest absolute Gasteiger partial charge is 0.461 e. The summed E-state index contributed by atoms with van der Waals surface area (Å²) in [6.07, 6.45) is 9.26. The molecule has 12 nitrogen and oxygen atoms in total. The number of pyridine rings is 1. The van der Waals surface area contributed by atoms with E-state index >= 15 is 0 Å². The Kier molecular flexibility index (Phi) is 12.7. The summed E-state index contributed by atoms with van der Waals surface area (Å²) in [7, 11) is 0. The molecule has 0 saturated carbocycles. The zero-order valence-electron chi connectivity index (χ0n) is 22.9. The minimum absolute atomic E-state index is 0.0574. The van der Waals surface area contributed by atoms with Crippen LogP contribution in [0.5, 0.6) is 0 Å². The Morgan fingerprint density at radius 1 is 1.00 bits per heavy atom. The molecule has 3 rings (SSSR count). The van der Waals surface area contributed by atoms with E-state index in [-0.39, 0.29) is 17.1 Å². The van der Waals surface area contributed by atoms with Crippen LogP contribution in [0.3, 0.4) is 0 Å². The number of amides is 1. The molecular formula is C28H40N4O8. The average Bonchev–Trinajstić information content (AvgIpc) is 3.24. The highest BCUT2D eigenvalue weighted by atomic mass is 16.6. The van der Waals surface area contributed by atoms with E-state index in [1.807, 2.05) is 0 Å². The lowest BCUT2D eigenvalue weighted by atomic mass is 10.1. The van der Waals surface area contributed by atoms with Crippen molar-refractivity contribution in [2.24, 2.45) is 0 Å². The fourth-order valence-electron chi connectivity index (χ4n) is 4.45. The number of aliphatic hydroxyl groups excluding tert-OH is 3. The third kappa shape index (κ3) is 8.91. The van der Waals surface area contributed by atoms with Gasteiger partial charge in [0, 0.05) is 12.4 Å². The molecule has 0 aliphatic carbocycles. The number of carbonyl (C=O) groups is 2. The first kappa shape index (κ1) is 31.3. The highest BCUT2D eigenvalue weighted by molar-refractivity contribution is 6.03. The van der Waals surface area contributed by atoms with Crippen LogP contribution in [0, 0.1) is 0 Å². The Bertz CT molecular complexity index is 1140. The van der Waals surface area contributed by atoms with Crippen LogP contribution in [-0.2, 0) is 9.47 Å². The zero-order valence-corrected chi connectivity index (χ0v) is 22.9. The molecule has 0 bridgehead atoms. The van der Waals surface area contributed by atoms with E-state index in [9.17, 15) is 29.7 Å². The van der Waals surface area contributed by atoms with Crippen LogP contribution < -0.4 is 11.0 Å². The van der Waals surface area contributed by atoms with Crippen molar-refractivity contribution in [2.75, 3.05) is 18.5 Å². The molecule has 0 unspecified atom stereocenters.